The molecule has 0 aliphatic rings. The van der Waals surface area contributed by atoms with Crippen LogP contribution >= 0.6 is 0 Å². The van der Waals surface area contributed by atoms with E-state index in [2.05, 4.69) is 33.1 Å². The Balaban J connectivity index is 1.49. The van der Waals surface area contributed by atoms with Crippen molar-refractivity contribution in [1.29, 1.82) is 0 Å². The summed E-state index contributed by atoms with van der Waals surface area (Å²) in [6, 6.07) is 28.0. The topological polar surface area (TPSA) is 46.9 Å². The van der Waals surface area contributed by atoms with Crippen molar-refractivity contribution in [3.8, 4) is 0 Å². The first-order valence-electron chi connectivity index (χ1n) is 9.56. The van der Waals surface area contributed by atoms with Gasteiger partial charge in [0.15, 0.2) is 0 Å². The molecule has 0 radical (unpaired) electrons. The van der Waals surface area contributed by atoms with Gasteiger partial charge in [0.1, 0.15) is 0 Å². The maximum absolute atomic E-state index is 13.1. The molecule has 1 N–H and O–H groups in total. The van der Waals surface area contributed by atoms with Gasteiger partial charge in [0.2, 0.25) is 0 Å². The van der Waals surface area contributed by atoms with Crippen LogP contribution in [-0.4, -0.2) is 15.5 Å². The molecule has 0 bridgehead atoms. The van der Waals surface area contributed by atoms with E-state index < -0.39 is 0 Å². The average Bonchev–Trinajstić information content (AvgIpc) is 3.13. The molecule has 0 atom stereocenters. The minimum absolute atomic E-state index is 0.122. The number of benzene rings is 3. The lowest BCUT2D eigenvalue weighted by molar-refractivity contribution is 0.102. The van der Waals surface area contributed by atoms with Crippen molar-refractivity contribution in [1.82, 2.24) is 9.55 Å². The molecule has 4 nitrogen and oxygen atoms in total. The van der Waals surface area contributed by atoms with E-state index in [9.17, 15) is 4.79 Å². The summed E-state index contributed by atoms with van der Waals surface area (Å²) in [6.07, 6.45) is 3.69. The van der Waals surface area contributed by atoms with E-state index >= 15 is 0 Å². The van der Waals surface area contributed by atoms with Gasteiger partial charge in [0.05, 0.1) is 11.1 Å². The Morgan fingerprint density at radius 2 is 1.72 bits per heavy atom. The van der Waals surface area contributed by atoms with E-state index in [0.717, 1.165) is 27.5 Å². The number of amides is 1. The number of para-hydroxylation sites is 1. The van der Waals surface area contributed by atoms with E-state index in [1.165, 1.54) is 5.56 Å². The number of nitrogens with zero attached hydrogens (tertiary/aromatic N) is 2. The van der Waals surface area contributed by atoms with Crippen molar-refractivity contribution >= 4 is 33.4 Å². The number of rotatable bonds is 4. The number of fused-ring (bicyclic) bond motifs is 2. The van der Waals surface area contributed by atoms with Crippen molar-refractivity contribution in [2.45, 2.75) is 6.54 Å². The van der Waals surface area contributed by atoms with E-state index in [1.807, 2.05) is 72.9 Å². The lowest BCUT2D eigenvalue weighted by Gasteiger charge is -2.06. The number of nitrogens with one attached hydrogen (secondary N) is 1. The molecule has 1 amide bonds. The summed E-state index contributed by atoms with van der Waals surface area (Å²) in [5.41, 5.74) is 4.50. The second kappa shape index (κ2) is 7.24. The molecular formula is C25H19N3O. The average molecular weight is 377 g/mol. The highest BCUT2D eigenvalue weighted by molar-refractivity contribution is 6.13. The van der Waals surface area contributed by atoms with Crippen LogP contribution in [0.15, 0.2) is 97.3 Å². The first-order chi connectivity index (χ1) is 14.3. The lowest BCUT2D eigenvalue weighted by Crippen LogP contribution is -2.11. The van der Waals surface area contributed by atoms with Crippen molar-refractivity contribution in [3.05, 3.63) is 108 Å². The fourth-order valence-electron chi connectivity index (χ4n) is 3.68. The number of carbonyl (C=O) groups excluding carboxylic acids is 1. The Labute approximate surface area is 168 Å². The molecule has 0 saturated heterocycles. The molecule has 29 heavy (non-hydrogen) atoms. The smallest absolute Gasteiger partial charge is 0.257 e. The highest BCUT2D eigenvalue weighted by Crippen LogP contribution is 2.24. The quantitative estimate of drug-likeness (QED) is 0.450. The zero-order valence-corrected chi connectivity index (χ0v) is 15.7. The molecule has 0 aliphatic heterocycles. The monoisotopic (exact) mass is 377 g/mol. The van der Waals surface area contributed by atoms with E-state index in [0.29, 0.717) is 12.1 Å². The van der Waals surface area contributed by atoms with Crippen LogP contribution < -0.4 is 5.32 Å². The molecule has 0 fully saturated rings. The molecule has 3 aromatic carbocycles. The lowest BCUT2D eigenvalue weighted by atomic mass is 10.1. The third kappa shape index (κ3) is 3.36. The van der Waals surface area contributed by atoms with Crippen LogP contribution in [-0.2, 0) is 6.54 Å². The number of carbonyl (C=O) groups is 1. The van der Waals surface area contributed by atoms with Crippen LogP contribution in [0.2, 0.25) is 0 Å². The number of pyridine rings is 1. The molecule has 0 saturated carbocycles. The maximum atomic E-state index is 13.1. The maximum Gasteiger partial charge on any atom is 0.257 e. The van der Waals surface area contributed by atoms with Gasteiger partial charge >= 0.3 is 0 Å². The second-order valence-corrected chi connectivity index (χ2v) is 7.04. The zero-order chi connectivity index (χ0) is 19.6. The van der Waals surface area contributed by atoms with Crippen LogP contribution in [0.5, 0.6) is 0 Å². The molecule has 0 aliphatic carbocycles. The summed E-state index contributed by atoms with van der Waals surface area (Å²) in [7, 11) is 0. The minimum Gasteiger partial charge on any atom is -0.342 e. The zero-order valence-electron chi connectivity index (χ0n) is 15.7. The summed E-state index contributed by atoms with van der Waals surface area (Å²) in [6.45, 7) is 0.717. The van der Waals surface area contributed by atoms with E-state index in [-0.39, 0.29) is 5.91 Å². The van der Waals surface area contributed by atoms with Gasteiger partial charge in [0, 0.05) is 40.9 Å². The van der Waals surface area contributed by atoms with Crippen LogP contribution in [0.25, 0.3) is 21.8 Å². The normalized spacial score (nSPS) is 11.0. The van der Waals surface area contributed by atoms with Gasteiger partial charge in [-0.1, -0.05) is 60.7 Å². The van der Waals surface area contributed by atoms with Gasteiger partial charge in [0.25, 0.3) is 5.91 Å². The van der Waals surface area contributed by atoms with Crippen LogP contribution in [0.3, 0.4) is 0 Å². The molecule has 140 valence electrons. The van der Waals surface area contributed by atoms with Gasteiger partial charge in [-0.05, 0) is 29.8 Å². The third-order valence-electron chi connectivity index (χ3n) is 5.09. The number of hydrogen-bond donors (Lipinski definition) is 1. The van der Waals surface area contributed by atoms with Gasteiger partial charge in [-0.25, -0.2) is 0 Å². The largest absolute Gasteiger partial charge is 0.342 e. The molecule has 5 aromatic rings. The Hall–Kier alpha value is -3.92. The number of aromatic nitrogens is 2. The van der Waals surface area contributed by atoms with Crippen molar-refractivity contribution in [2.24, 2.45) is 0 Å². The summed E-state index contributed by atoms with van der Waals surface area (Å²) >= 11 is 0. The SMILES string of the molecule is O=C(Nc1ccc2cccnc2c1)c1cn(Cc2ccccc2)c2ccccc12. The fourth-order valence-corrected chi connectivity index (χ4v) is 3.68. The van der Waals surface area contributed by atoms with E-state index in [1.54, 1.807) is 6.20 Å². The predicted molar refractivity (Wildman–Crippen MR) is 117 cm³/mol. The Morgan fingerprint density at radius 3 is 2.62 bits per heavy atom. The van der Waals surface area contributed by atoms with Gasteiger partial charge in [-0.2, -0.15) is 0 Å². The molecule has 2 heterocycles. The summed E-state index contributed by atoms with van der Waals surface area (Å²) in [4.78, 5) is 17.5. The third-order valence-corrected chi connectivity index (χ3v) is 5.09. The predicted octanol–water partition coefficient (Wildman–Crippen LogP) is 5.49. The van der Waals surface area contributed by atoms with Crippen molar-refractivity contribution < 1.29 is 4.79 Å². The Morgan fingerprint density at radius 1 is 0.897 bits per heavy atom. The fraction of sp³-hybridized carbons (Fsp3) is 0.0400. The summed E-state index contributed by atoms with van der Waals surface area (Å²) in [5, 5.41) is 5.02. The Kier molecular flexibility index (Phi) is 4.30. The van der Waals surface area contributed by atoms with Crippen LogP contribution in [0.4, 0.5) is 5.69 Å². The summed E-state index contributed by atoms with van der Waals surface area (Å²) < 4.78 is 2.13. The highest BCUT2D eigenvalue weighted by Gasteiger charge is 2.15. The Bertz CT molecular complexity index is 1320. The standard InChI is InChI=1S/C25H19N3O/c29-25(27-20-13-12-19-9-6-14-26-23(19)15-20)22-17-28(16-18-7-2-1-3-8-18)24-11-5-4-10-21(22)24/h1-15,17H,16H2,(H,27,29). The van der Waals surface area contributed by atoms with Crippen LogP contribution in [0.1, 0.15) is 15.9 Å². The number of hydrogen-bond acceptors (Lipinski definition) is 2. The first-order valence-corrected chi connectivity index (χ1v) is 9.56. The van der Waals surface area contributed by atoms with Gasteiger partial charge in [-0.15, -0.1) is 0 Å². The molecule has 0 unspecified atom stereocenters. The highest BCUT2D eigenvalue weighted by atomic mass is 16.1. The molecule has 5 rings (SSSR count). The first kappa shape index (κ1) is 17.2. The molecule has 0 spiro atoms. The molecule has 4 heteroatoms. The minimum atomic E-state index is -0.122. The summed E-state index contributed by atoms with van der Waals surface area (Å²) in [5.74, 6) is -0.122. The second-order valence-electron chi connectivity index (χ2n) is 7.04. The van der Waals surface area contributed by atoms with Gasteiger partial charge < -0.3 is 9.88 Å². The molecule has 2 aromatic heterocycles. The van der Waals surface area contributed by atoms with E-state index in [4.69, 9.17) is 0 Å². The van der Waals surface area contributed by atoms with Gasteiger partial charge in [-0.3, -0.25) is 9.78 Å². The molecular weight excluding hydrogens is 358 g/mol. The number of anilines is 1. The van der Waals surface area contributed by atoms with Crippen molar-refractivity contribution in [3.63, 3.8) is 0 Å². The van der Waals surface area contributed by atoms with Crippen LogP contribution in [0, 0.1) is 0 Å². The van der Waals surface area contributed by atoms with Crippen molar-refractivity contribution in [2.75, 3.05) is 5.32 Å².